The lowest BCUT2D eigenvalue weighted by molar-refractivity contribution is -0.385. The molecule has 1 aromatic rings. The third-order valence-corrected chi connectivity index (χ3v) is 4.19. The third-order valence-electron chi connectivity index (χ3n) is 3.96. The number of nitrogens with zero attached hydrogens (tertiary/aromatic N) is 2. The zero-order valence-electron chi connectivity index (χ0n) is 12.8. The van der Waals surface area contributed by atoms with E-state index in [1.807, 2.05) is 0 Å². The molecule has 1 atom stereocenters. The number of halogens is 1. The summed E-state index contributed by atoms with van der Waals surface area (Å²) in [5.41, 5.74) is 6.03. The maximum atomic E-state index is 12.1. The van der Waals surface area contributed by atoms with Gasteiger partial charge in [0.05, 0.1) is 10.8 Å². The summed E-state index contributed by atoms with van der Waals surface area (Å²) >= 11 is 5.84. The largest absolute Gasteiger partial charge is 0.355 e. The van der Waals surface area contributed by atoms with Crippen LogP contribution < -0.4 is 11.1 Å². The minimum atomic E-state index is -0.420. The molecule has 126 valence electrons. The molecule has 0 aromatic heterocycles. The van der Waals surface area contributed by atoms with Crippen LogP contribution in [0, 0.1) is 16.0 Å². The molecular formula is C15H21ClN4O3. The molecule has 1 heterocycles. The number of nitro benzene ring substituents is 1. The first-order valence-electron chi connectivity index (χ1n) is 7.64. The van der Waals surface area contributed by atoms with Gasteiger partial charge in [0.15, 0.2) is 0 Å². The van der Waals surface area contributed by atoms with Gasteiger partial charge in [0, 0.05) is 42.8 Å². The number of benzene rings is 1. The molecule has 0 spiro atoms. The van der Waals surface area contributed by atoms with Crippen LogP contribution in [0.4, 0.5) is 5.69 Å². The summed E-state index contributed by atoms with van der Waals surface area (Å²) in [5, 5.41) is 14.3. The van der Waals surface area contributed by atoms with E-state index in [0.29, 0.717) is 36.8 Å². The predicted molar refractivity (Wildman–Crippen MR) is 88.2 cm³/mol. The Labute approximate surface area is 139 Å². The fourth-order valence-electron chi connectivity index (χ4n) is 2.83. The van der Waals surface area contributed by atoms with Crippen molar-refractivity contribution < 1.29 is 9.72 Å². The first-order chi connectivity index (χ1) is 11.0. The quantitative estimate of drug-likeness (QED) is 0.604. The van der Waals surface area contributed by atoms with Crippen molar-refractivity contribution in [2.75, 3.05) is 26.2 Å². The lowest BCUT2D eigenvalue weighted by Crippen LogP contribution is -2.43. The Morgan fingerprint density at radius 3 is 3.00 bits per heavy atom. The molecule has 1 aliphatic rings. The van der Waals surface area contributed by atoms with E-state index >= 15 is 0 Å². The van der Waals surface area contributed by atoms with Crippen LogP contribution in [-0.2, 0) is 11.3 Å². The Kier molecular flexibility index (Phi) is 6.32. The summed E-state index contributed by atoms with van der Waals surface area (Å²) in [5.74, 6) is -0.0904. The minimum Gasteiger partial charge on any atom is -0.355 e. The number of hydrogen-bond donors (Lipinski definition) is 2. The summed E-state index contributed by atoms with van der Waals surface area (Å²) in [6, 6.07) is 4.70. The maximum Gasteiger partial charge on any atom is 0.275 e. The van der Waals surface area contributed by atoms with Crippen LogP contribution in [0.1, 0.15) is 18.4 Å². The molecule has 7 nitrogen and oxygen atoms in total. The van der Waals surface area contributed by atoms with Gasteiger partial charge in [-0.05, 0) is 31.5 Å². The fraction of sp³-hybridized carbons (Fsp3) is 0.533. The molecule has 3 N–H and O–H groups in total. The molecule has 2 rings (SSSR count). The van der Waals surface area contributed by atoms with Crippen molar-refractivity contribution >= 4 is 23.2 Å². The summed E-state index contributed by atoms with van der Waals surface area (Å²) in [6.07, 6.45) is 1.72. The Hall–Kier alpha value is -1.70. The van der Waals surface area contributed by atoms with Crippen LogP contribution in [0.15, 0.2) is 18.2 Å². The van der Waals surface area contributed by atoms with Crippen LogP contribution in [0.3, 0.4) is 0 Å². The van der Waals surface area contributed by atoms with Crippen molar-refractivity contribution in [3.05, 3.63) is 38.9 Å². The molecule has 0 bridgehead atoms. The summed E-state index contributed by atoms with van der Waals surface area (Å²) in [7, 11) is 0. The zero-order chi connectivity index (χ0) is 16.8. The smallest absolute Gasteiger partial charge is 0.275 e. The van der Waals surface area contributed by atoms with Crippen molar-refractivity contribution in [2.24, 2.45) is 11.7 Å². The molecule has 0 saturated carbocycles. The predicted octanol–water partition coefficient (Wildman–Crippen LogP) is 1.54. The average Bonchev–Trinajstić information content (AvgIpc) is 2.54. The van der Waals surface area contributed by atoms with E-state index in [-0.39, 0.29) is 17.5 Å². The number of nitro groups is 1. The number of likely N-dealkylation sites (tertiary alicyclic amines) is 1. The number of hydrogen-bond acceptors (Lipinski definition) is 5. The molecule has 1 aromatic carbocycles. The molecule has 1 fully saturated rings. The van der Waals surface area contributed by atoms with Crippen molar-refractivity contribution in [2.45, 2.75) is 19.4 Å². The normalized spacial score (nSPS) is 18.6. The number of carbonyl (C=O) groups excluding carboxylic acids is 1. The molecule has 1 aliphatic heterocycles. The number of piperidine rings is 1. The molecule has 8 heteroatoms. The first kappa shape index (κ1) is 17.7. The number of carbonyl (C=O) groups is 1. The van der Waals surface area contributed by atoms with E-state index in [1.165, 1.54) is 6.07 Å². The van der Waals surface area contributed by atoms with Crippen LogP contribution in [0.5, 0.6) is 0 Å². The molecular weight excluding hydrogens is 320 g/mol. The standard InChI is InChI=1S/C15H21ClN4O3/c16-13-4-3-11(14(8-13)20(22)23)9-19-7-1-2-12(10-19)15(21)18-6-5-17/h3-4,8,12H,1-2,5-7,9-10,17H2,(H,18,21). The van der Waals surface area contributed by atoms with Crippen LogP contribution >= 0.6 is 11.6 Å². The van der Waals surface area contributed by atoms with Gasteiger partial charge in [0.2, 0.25) is 5.91 Å². The molecule has 23 heavy (non-hydrogen) atoms. The number of nitrogens with one attached hydrogen (secondary N) is 1. The van der Waals surface area contributed by atoms with E-state index in [4.69, 9.17) is 17.3 Å². The monoisotopic (exact) mass is 340 g/mol. The van der Waals surface area contributed by atoms with Gasteiger partial charge in [-0.3, -0.25) is 19.8 Å². The van der Waals surface area contributed by atoms with E-state index < -0.39 is 4.92 Å². The topological polar surface area (TPSA) is 102 Å². The van der Waals surface area contributed by atoms with E-state index in [2.05, 4.69) is 10.2 Å². The number of nitrogens with two attached hydrogens (primary N) is 1. The number of amides is 1. The minimum absolute atomic E-state index is 0.00533. The van der Waals surface area contributed by atoms with Gasteiger partial charge < -0.3 is 11.1 Å². The highest BCUT2D eigenvalue weighted by Gasteiger charge is 2.27. The van der Waals surface area contributed by atoms with E-state index in [9.17, 15) is 14.9 Å². The Morgan fingerprint density at radius 1 is 1.52 bits per heavy atom. The van der Waals surface area contributed by atoms with Crippen molar-refractivity contribution in [3.8, 4) is 0 Å². The Bertz CT molecular complexity index is 582. The zero-order valence-corrected chi connectivity index (χ0v) is 13.6. The van der Waals surface area contributed by atoms with Gasteiger partial charge in [-0.2, -0.15) is 0 Å². The maximum absolute atomic E-state index is 12.1. The second-order valence-electron chi connectivity index (χ2n) is 5.68. The van der Waals surface area contributed by atoms with E-state index in [1.54, 1.807) is 12.1 Å². The van der Waals surface area contributed by atoms with Crippen LogP contribution in [0.25, 0.3) is 0 Å². The van der Waals surface area contributed by atoms with Gasteiger partial charge in [-0.15, -0.1) is 0 Å². The van der Waals surface area contributed by atoms with Gasteiger partial charge >= 0.3 is 0 Å². The molecule has 1 saturated heterocycles. The highest BCUT2D eigenvalue weighted by Crippen LogP contribution is 2.26. The third kappa shape index (κ3) is 4.89. The van der Waals surface area contributed by atoms with Crippen molar-refractivity contribution in [1.29, 1.82) is 0 Å². The lowest BCUT2D eigenvalue weighted by Gasteiger charge is -2.31. The highest BCUT2D eigenvalue weighted by atomic mass is 35.5. The summed E-state index contributed by atoms with van der Waals surface area (Å²) < 4.78 is 0. The Balaban J connectivity index is 2.03. The number of rotatable bonds is 6. The van der Waals surface area contributed by atoms with Gasteiger partial charge in [-0.25, -0.2) is 0 Å². The van der Waals surface area contributed by atoms with Gasteiger partial charge in [0.1, 0.15) is 0 Å². The fourth-order valence-corrected chi connectivity index (χ4v) is 3.00. The highest BCUT2D eigenvalue weighted by molar-refractivity contribution is 6.30. The molecule has 1 unspecified atom stereocenters. The Morgan fingerprint density at radius 2 is 2.30 bits per heavy atom. The average molecular weight is 341 g/mol. The summed E-state index contributed by atoms with van der Waals surface area (Å²) in [6.45, 7) is 2.74. The molecule has 0 aliphatic carbocycles. The summed E-state index contributed by atoms with van der Waals surface area (Å²) in [4.78, 5) is 24.9. The van der Waals surface area contributed by atoms with Gasteiger partial charge in [0.25, 0.3) is 5.69 Å². The van der Waals surface area contributed by atoms with Crippen molar-refractivity contribution in [1.82, 2.24) is 10.2 Å². The second-order valence-corrected chi connectivity index (χ2v) is 6.12. The first-order valence-corrected chi connectivity index (χ1v) is 8.02. The molecule has 1 amide bonds. The van der Waals surface area contributed by atoms with Gasteiger partial charge in [-0.1, -0.05) is 11.6 Å². The second kappa shape index (κ2) is 8.24. The SMILES string of the molecule is NCCNC(=O)C1CCCN(Cc2ccc(Cl)cc2[N+](=O)[O-])C1. The lowest BCUT2D eigenvalue weighted by atomic mass is 9.96. The van der Waals surface area contributed by atoms with E-state index in [0.717, 1.165) is 19.4 Å². The van der Waals surface area contributed by atoms with Crippen molar-refractivity contribution in [3.63, 3.8) is 0 Å². The van der Waals surface area contributed by atoms with Crippen LogP contribution in [-0.4, -0.2) is 41.9 Å². The molecule has 0 radical (unpaired) electrons. The van der Waals surface area contributed by atoms with Crippen LogP contribution in [0.2, 0.25) is 5.02 Å².